The summed E-state index contributed by atoms with van der Waals surface area (Å²) in [4.78, 5) is 22.7. The highest BCUT2D eigenvalue weighted by Crippen LogP contribution is 2.09. The topological polar surface area (TPSA) is 108 Å². The van der Waals surface area contributed by atoms with Crippen molar-refractivity contribution in [3.63, 3.8) is 0 Å². The van der Waals surface area contributed by atoms with E-state index in [4.69, 9.17) is 11.0 Å². The van der Waals surface area contributed by atoms with E-state index >= 15 is 0 Å². The number of hydrogen-bond donors (Lipinski definition) is 3. The number of anilines is 1. The second-order valence-corrected chi connectivity index (χ2v) is 4.86. The van der Waals surface area contributed by atoms with E-state index < -0.39 is 11.8 Å². The lowest BCUT2D eigenvalue weighted by atomic mass is 10.2. The van der Waals surface area contributed by atoms with Crippen molar-refractivity contribution in [2.75, 3.05) is 11.9 Å². The van der Waals surface area contributed by atoms with Gasteiger partial charge in [0.25, 0.3) is 5.91 Å². The van der Waals surface area contributed by atoms with Gasteiger partial charge in [0.15, 0.2) is 0 Å². The second kappa shape index (κ2) is 7.70. The minimum Gasteiger partial charge on any atom is -0.366 e. The fourth-order valence-electron chi connectivity index (χ4n) is 1.43. The maximum atomic E-state index is 11.7. The number of carbonyl (C=O) groups is 2. The van der Waals surface area contributed by atoms with Gasteiger partial charge in [-0.3, -0.25) is 9.59 Å². The van der Waals surface area contributed by atoms with Crippen LogP contribution in [0.2, 0.25) is 0 Å². The molecule has 0 fully saturated rings. The van der Waals surface area contributed by atoms with E-state index in [1.807, 2.05) is 19.9 Å². The van der Waals surface area contributed by atoms with Crippen LogP contribution in [-0.2, 0) is 4.79 Å². The summed E-state index contributed by atoms with van der Waals surface area (Å²) in [5.41, 5.74) is 6.15. The fraction of sp³-hybridized carbons (Fsp3) is 0.267. The molecule has 0 spiro atoms. The Kier molecular flexibility index (Phi) is 5.96. The summed E-state index contributed by atoms with van der Waals surface area (Å²) in [6.07, 6.45) is 1.33. The Morgan fingerprint density at radius 2 is 1.95 bits per heavy atom. The molecule has 6 nitrogen and oxygen atoms in total. The zero-order chi connectivity index (χ0) is 15.8. The predicted octanol–water partition coefficient (Wildman–Crippen LogP) is 1.38. The van der Waals surface area contributed by atoms with Gasteiger partial charge in [-0.1, -0.05) is 13.8 Å². The Morgan fingerprint density at radius 1 is 1.33 bits per heavy atom. The average Bonchev–Trinajstić information content (AvgIpc) is 2.46. The van der Waals surface area contributed by atoms with E-state index in [1.165, 1.54) is 6.20 Å². The number of rotatable bonds is 6. The van der Waals surface area contributed by atoms with Crippen LogP contribution in [-0.4, -0.2) is 18.4 Å². The summed E-state index contributed by atoms with van der Waals surface area (Å²) in [5.74, 6) is -0.626. The molecule has 6 heteroatoms. The number of nitrogens with zero attached hydrogens (tertiary/aromatic N) is 1. The summed E-state index contributed by atoms with van der Waals surface area (Å²) in [7, 11) is 0. The number of nitriles is 1. The Balaban J connectivity index is 2.70. The van der Waals surface area contributed by atoms with E-state index in [0.717, 1.165) is 0 Å². The number of primary amides is 1. The third-order valence-electron chi connectivity index (χ3n) is 2.59. The standard InChI is InChI=1S/C15H18N4O2/c1-10(2)8-19-15(21)12(7-16)9-18-13-5-3-11(4-6-13)14(17)20/h3-6,9-10,18H,8H2,1-2H3,(H2,17,20)(H,19,21)/b12-9-. The van der Waals surface area contributed by atoms with Crippen molar-refractivity contribution in [2.24, 2.45) is 11.7 Å². The molecule has 110 valence electrons. The first-order valence-corrected chi connectivity index (χ1v) is 6.49. The highest BCUT2D eigenvalue weighted by molar-refractivity contribution is 5.97. The molecule has 0 saturated heterocycles. The Labute approximate surface area is 123 Å². The first-order valence-electron chi connectivity index (χ1n) is 6.49. The molecule has 0 atom stereocenters. The van der Waals surface area contributed by atoms with Crippen LogP contribution in [0.1, 0.15) is 24.2 Å². The zero-order valence-corrected chi connectivity index (χ0v) is 12.0. The van der Waals surface area contributed by atoms with Gasteiger partial charge in [-0.25, -0.2) is 0 Å². The van der Waals surface area contributed by atoms with Crippen LogP contribution in [0.5, 0.6) is 0 Å². The zero-order valence-electron chi connectivity index (χ0n) is 12.0. The molecule has 0 aliphatic carbocycles. The molecule has 1 aromatic rings. The molecule has 2 amide bonds. The monoisotopic (exact) mass is 286 g/mol. The van der Waals surface area contributed by atoms with E-state index in [0.29, 0.717) is 23.7 Å². The molecule has 1 aromatic carbocycles. The van der Waals surface area contributed by atoms with E-state index in [-0.39, 0.29) is 5.57 Å². The molecule has 21 heavy (non-hydrogen) atoms. The van der Waals surface area contributed by atoms with Gasteiger partial charge in [0.1, 0.15) is 11.6 Å². The van der Waals surface area contributed by atoms with Gasteiger partial charge < -0.3 is 16.4 Å². The molecular formula is C15H18N4O2. The summed E-state index contributed by atoms with van der Waals surface area (Å²) < 4.78 is 0. The molecule has 0 bridgehead atoms. The van der Waals surface area contributed by atoms with Crippen LogP contribution in [0, 0.1) is 17.2 Å². The minimum absolute atomic E-state index is 0.0189. The van der Waals surface area contributed by atoms with Crippen LogP contribution in [0.25, 0.3) is 0 Å². The summed E-state index contributed by atoms with van der Waals surface area (Å²) in [6.45, 7) is 4.44. The van der Waals surface area contributed by atoms with Crippen LogP contribution in [0.3, 0.4) is 0 Å². The lowest BCUT2D eigenvalue weighted by Crippen LogP contribution is -2.28. The summed E-state index contributed by atoms with van der Waals surface area (Å²) in [5, 5.41) is 14.5. The van der Waals surface area contributed by atoms with Gasteiger partial charge >= 0.3 is 0 Å². The van der Waals surface area contributed by atoms with Crippen molar-refractivity contribution in [1.82, 2.24) is 5.32 Å². The predicted molar refractivity (Wildman–Crippen MR) is 80.1 cm³/mol. The largest absolute Gasteiger partial charge is 0.366 e. The first kappa shape index (κ1) is 16.2. The maximum absolute atomic E-state index is 11.7. The molecule has 0 unspecified atom stereocenters. The molecule has 0 aromatic heterocycles. The normalized spacial score (nSPS) is 10.9. The smallest absolute Gasteiger partial charge is 0.263 e. The molecule has 0 aliphatic heterocycles. The van der Waals surface area contributed by atoms with Crippen molar-refractivity contribution in [3.8, 4) is 6.07 Å². The van der Waals surface area contributed by atoms with E-state index in [9.17, 15) is 9.59 Å². The Hall–Kier alpha value is -2.81. The van der Waals surface area contributed by atoms with Gasteiger partial charge in [0, 0.05) is 24.0 Å². The molecule has 0 aliphatic rings. The molecule has 0 saturated carbocycles. The van der Waals surface area contributed by atoms with Gasteiger partial charge in [-0.05, 0) is 30.2 Å². The van der Waals surface area contributed by atoms with Crippen molar-refractivity contribution in [2.45, 2.75) is 13.8 Å². The van der Waals surface area contributed by atoms with Crippen LogP contribution >= 0.6 is 0 Å². The highest BCUT2D eigenvalue weighted by atomic mass is 16.2. The number of carbonyl (C=O) groups excluding carboxylic acids is 2. The third-order valence-corrected chi connectivity index (χ3v) is 2.59. The fourth-order valence-corrected chi connectivity index (χ4v) is 1.43. The second-order valence-electron chi connectivity index (χ2n) is 4.86. The number of hydrogen-bond acceptors (Lipinski definition) is 4. The van der Waals surface area contributed by atoms with Gasteiger partial charge in [0.2, 0.25) is 5.91 Å². The Morgan fingerprint density at radius 3 is 2.43 bits per heavy atom. The van der Waals surface area contributed by atoms with Crippen LogP contribution < -0.4 is 16.4 Å². The Bertz CT molecular complexity index is 583. The van der Waals surface area contributed by atoms with Crippen molar-refractivity contribution in [3.05, 3.63) is 41.6 Å². The molecule has 4 N–H and O–H groups in total. The van der Waals surface area contributed by atoms with Gasteiger partial charge in [-0.2, -0.15) is 5.26 Å². The number of amides is 2. The van der Waals surface area contributed by atoms with Crippen LogP contribution in [0.15, 0.2) is 36.0 Å². The number of nitrogens with one attached hydrogen (secondary N) is 2. The van der Waals surface area contributed by atoms with E-state index in [2.05, 4.69) is 10.6 Å². The minimum atomic E-state index is -0.511. The maximum Gasteiger partial charge on any atom is 0.263 e. The van der Waals surface area contributed by atoms with Gasteiger partial charge in [0.05, 0.1) is 0 Å². The van der Waals surface area contributed by atoms with Crippen molar-refractivity contribution >= 4 is 17.5 Å². The van der Waals surface area contributed by atoms with E-state index in [1.54, 1.807) is 24.3 Å². The number of benzene rings is 1. The lowest BCUT2D eigenvalue weighted by molar-refractivity contribution is -0.117. The summed E-state index contributed by atoms with van der Waals surface area (Å²) >= 11 is 0. The molecular weight excluding hydrogens is 268 g/mol. The molecule has 1 rings (SSSR count). The SMILES string of the molecule is CC(C)CNC(=O)/C(C#N)=C\Nc1ccc(C(N)=O)cc1. The van der Waals surface area contributed by atoms with Crippen LogP contribution in [0.4, 0.5) is 5.69 Å². The molecule has 0 heterocycles. The average molecular weight is 286 g/mol. The summed E-state index contributed by atoms with van der Waals surface area (Å²) in [6, 6.07) is 8.23. The van der Waals surface area contributed by atoms with Crippen molar-refractivity contribution < 1.29 is 9.59 Å². The first-order chi connectivity index (χ1) is 9.93. The quantitative estimate of drug-likeness (QED) is 0.542. The number of nitrogens with two attached hydrogens (primary N) is 1. The lowest BCUT2D eigenvalue weighted by Gasteiger charge is -2.07. The van der Waals surface area contributed by atoms with Gasteiger partial charge in [-0.15, -0.1) is 0 Å². The van der Waals surface area contributed by atoms with Crippen molar-refractivity contribution in [1.29, 1.82) is 5.26 Å². The molecule has 0 radical (unpaired) electrons. The third kappa shape index (κ3) is 5.37. The highest BCUT2D eigenvalue weighted by Gasteiger charge is 2.08.